The van der Waals surface area contributed by atoms with Crippen LogP contribution in [0, 0.1) is 0 Å². The summed E-state index contributed by atoms with van der Waals surface area (Å²) in [7, 11) is 3.13. The normalized spacial score (nSPS) is 21.0. The first kappa shape index (κ1) is 16.9. The van der Waals surface area contributed by atoms with Gasteiger partial charge in [-0.2, -0.15) is 0 Å². The lowest BCUT2D eigenvalue weighted by Gasteiger charge is -2.12. The van der Waals surface area contributed by atoms with Crippen LogP contribution in [0.2, 0.25) is 0 Å². The van der Waals surface area contributed by atoms with Crippen molar-refractivity contribution in [2.75, 3.05) is 26.1 Å². The maximum atomic E-state index is 11.0. The van der Waals surface area contributed by atoms with E-state index < -0.39 is 12.0 Å². The number of anilines is 1. The van der Waals surface area contributed by atoms with E-state index in [2.05, 4.69) is 10.3 Å². The standard InChI is InChI=1S/C15H22N4O4/c1-21-11-5-3-9(7-13(11)22-2)19-15(17)18-8-10-4-6-12(23-10)14(16)20/h3,5,7,10,12H,4,6,8H2,1-2H3,(H2,16,20)(H3,17,18,19). The van der Waals surface area contributed by atoms with E-state index in [4.69, 9.17) is 25.7 Å². The largest absolute Gasteiger partial charge is 0.493 e. The summed E-state index contributed by atoms with van der Waals surface area (Å²) < 4.78 is 15.9. The molecular formula is C15H22N4O4. The number of amides is 1. The fraction of sp³-hybridized carbons (Fsp3) is 0.467. The van der Waals surface area contributed by atoms with E-state index in [0.717, 1.165) is 12.1 Å². The first-order valence-electron chi connectivity index (χ1n) is 7.27. The highest BCUT2D eigenvalue weighted by atomic mass is 16.5. The zero-order valence-electron chi connectivity index (χ0n) is 13.2. The van der Waals surface area contributed by atoms with Crippen molar-refractivity contribution < 1.29 is 19.0 Å². The van der Waals surface area contributed by atoms with Crippen LogP contribution in [0.25, 0.3) is 0 Å². The number of primary amides is 1. The lowest BCUT2D eigenvalue weighted by Crippen LogP contribution is -2.29. The van der Waals surface area contributed by atoms with Gasteiger partial charge in [0.25, 0.3) is 0 Å². The lowest BCUT2D eigenvalue weighted by molar-refractivity contribution is -0.128. The molecule has 1 aromatic rings. The molecule has 1 saturated heterocycles. The Labute approximate surface area is 134 Å². The summed E-state index contributed by atoms with van der Waals surface area (Å²) in [5.74, 6) is 1.04. The van der Waals surface area contributed by atoms with E-state index in [1.54, 1.807) is 32.4 Å². The Bertz CT molecular complexity index is 591. The number of nitrogens with one attached hydrogen (secondary N) is 1. The zero-order chi connectivity index (χ0) is 16.8. The van der Waals surface area contributed by atoms with Crippen molar-refractivity contribution in [3.8, 4) is 11.5 Å². The molecule has 1 amide bonds. The van der Waals surface area contributed by atoms with Crippen molar-refractivity contribution in [1.29, 1.82) is 0 Å². The first-order valence-corrected chi connectivity index (χ1v) is 7.27. The van der Waals surface area contributed by atoms with Gasteiger partial charge in [0.1, 0.15) is 6.10 Å². The number of guanidine groups is 1. The summed E-state index contributed by atoms with van der Waals surface area (Å²) in [6.07, 6.45) is 0.702. The molecular weight excluding hydrogens is 300 g/mol. The molecule has 0 spiro atoms. The number of rotatable bonds is 6. The van der Waals surface area contributed by atoms with Crippen LogP contribution in [-0.2, 0) is 9.53 Å². The second kappa shape index (κ2) is 7.68. The minimum Gasteiger partial charge on any atom is -0.493 e. The number of carbonyl (C=O) groups excluding carboxylic acids is 1. The van der Waals surface area contributed by atoms with Crippen LogP contribution in [0.1, 0.15) is 12.8 Å². The maximum absolute atomic E-state index is 11.0. The molecule has 5 N–H and O–H groups in total. The van der Waals surface area contributed by atoms with Crippen molar-refractivity contribution in [3.63, 3.8) is 0 Å². The molecule has 1 aromatic carbocycles. The highest BCUT2D eigenvalue weighted by molar-refractivity contribution is 5.92. The number of ether oxygens (including phenoxy) is 3. The molecule has 0 radical (unpaired) electrons. The molecule has 23 heavy (non-hydrogen) atoms. The van der Waals surface area contributed by atoms with Gasteiger partial charge in [-0.05, 0) is 25.0 Å². The van der Waals surface area contributed by atoms with Crippen molar-refractivity contribution in [2.45, 2.75) is 25.0 Å². The predicted octanol–water partition coefficient (Wildman–Crippen LogP) is 0.463. The minimum atomic E-state index is -0.518. The van der Waals surface area contributed by atoms with Crippen molar-refractivity contribution in [1.82, 2.24) is 0 Å². The first-order chi connectivity index (χ1) is 11.0. The SMILES string of the molecule is COc1ccc(NC(N)=NCC2CCC(C(N)=O)O2)cc1OC. The average Bonchev–Trinajstić information content (AvgIpc) is 3.02. The Kier molecular flexibility index (Phi) is 5.64. The Morgan fingerprint density at radius 1 is 1.30 bits per heavy atom. The van der Waals surface area contributed by atoms with Gasteiger partial charge in [-0.25, -0.2) is 0 Å². The van der Waals surface area contributed by atoms with Gasteiger partial charge in [0.2, 0.25) is 5.91 Å². The van der Waals surface area contributed by atoms with Gasteiger partial charge in [-0.1, -0.05) is 0 Å². The number of nitrogens with zero attached hydrogens (tertiary/aromatic N) is 1. The third kappa shape index (κ3) is 4.49. The van der Waals surface area contributed by atoms with Crippen LogP contribution >= 0.6 is 0 Å². The number of benzene rings is 1. The lowest BCUT2D eigenvalue weighted by atomic mass is 10.2. The molecule has 0 saturated carbocycles. The molecule has 0 aromatic heterocycles. The minimum absolute atomic E-state index is 0.141. The molecule has 1 aliphatic rings. The number of hydrogen-bond acceptors (Lipinski definition) is 5. The van der Waals surface area contributed by atoms with Gasteiger partial charge < -0.3 is 31.0 Å². The fourth-order valence-corrected chi connectivity index (χ4v) is 2.35. The summed E-state index contributed by atoms with van der Waals surface area (Å²) in [5, 5.41) is 2.97. The summed E-state index contributed by atoms with van der Waals surface area (Å²) >= 11 is 0. The quantitative estimate of drug-likeness (QED) is 0.517. The van der Waals surface area contributed by atoms with E-state index in [-0.39, 0.29) is 12.1 Å². The molecule has 2 unspecified atom stereocenters. The number of methoxy groups -OCH3 is 2. The van der Waals surface area contributed by atoms with E-state index in [0.29, 0.717) is 24.5 Å². The highest BCUT2D eigenvalue weighted by Crippen LogP contribution is 2.29. The van der Waals surface area contributed by atoms with Crippen LogP contribution in [0.5, 0.6) is 11.5 Å². The van der Waals surface area contributed by atoms with Gasteiger partial charge in [0.15, 0.2) is 17.5 Å². The van der Waals surface area contributed by atoms with E-state index in [9.17, 15) is 4.79 Å². The van der Waals surface area contributed by atoms with Gasteiger partial charge in [0.05, 0.1) is 26.9 Å². The Hall–Kier alpha value is -2.48. The average molecular weight is 322 g/mol. The van der Waals surface area contributed by atoms with Crippen LogP contribution in [0.4, 0.5) is 5.69 Å². The summed E-state index contributed by atoms with van der Waals surface area (Å²) in [4.78, 5) is 15.3. The molecule has 1 fully saturated rings. The molecule has 0 bridgehead atoms. The molecule has 1 heterocycles. The van der Waals surface area contributed by atoms with Crippen molar-refractivity contribution in [3.05, 3.63) is 18.2 Å². The van der Waals surface area contributed by atoms with E-state index in [1.807, 2.05) is 0 Å². The third-order valence-electron chi connectivity index (χ3n) is 3.55. The van der Waals surface area contributed by atoms with Gasteiger partial charge in [-0.3, -0.25) is 9.79 Å². The zero-order valence-corrected chi connectivity index (χ0v) is 13.2. The Morgan fingerprint density at radius 3 is 2.65 bits per heavy atom. The van der Waals surface area contributed by atoms with Crippen LogP contribution < -0.4 is 26.3 Å². The number of hydrogen-bond donors (Lipinski definition) is 3. The fourth-order valence-electron chi connectivity index (χ4n) is 2.35. The highest BCUT2D eigenvalue weighted by Gasteiger charge is 2.28. The number of carbonyl (C=O) groups is 1. The monoisotopic (exact) mass is 322 g/mol. The van der Waals surface area contributed by atoms with E-state index >= 15 is 0 Å². The second-order valence-corrected chi connectivity index (χ2v) is 5.15. The maximum Gasteiger partial charge on any atom is 0.246 e. The predicted molar refractivity (Wildman–Crippen MR) is 86.7 cm³/mol. The molecule has 8 nitrogen and oxygen atoms in total. The van der Waals surface area contributed by atoms with Gasteiger partial charge in [-0.15, -0.1) is 0 Å². The van der Waals surface area contributed by atoms with Crippen LogP contribution in [-0.4, -0.2) is 44.8 Å². The molecule has 0 aliphatic carbocycles. The topological polar surface area (TPSA) is 121 Å². The number of aliphatic imine (C=N–C) groups is 1. The van der Waals surface area contributed by atoms with Gasteiger partial charge >= 0.3 is 0 Å². The summed E-state index contributed by atoms with van der Waals surface area (Å²) in [6, 6.07) is 5.33. The smallest absolute Gasteiger partial charge is 0.246 e. The molecule has 8 heteroatoms. The summed E-state index contributed by atoms with van der Waals surface area (Å²) in [6.45, 7) is 0.371. The Balaban J connectivity index is 1.91. The van der Waals surface area contributed by atoms with Crippen LogP contribution in [0.3, 0.4) is 0 Å². The molecule has 1 aliphatic heterocycles. The number of nitrogens with two attached hydrogens (primary N) is 2. The van der Waals surface area contributed by atoms with Gasteiger partial charge in [0, 0.05) is 11.8 Å². The third-order valence-corrected chi connectivity index (χ3v) is 3.55. The van der Waals surface area contributed by atoms with Crippen molar-refractivity contribution >= 4 is 17.6 Å². The second-order valence-electron chi connectivity index (χ2n) is 5.15. The molecule has 126 valence electrons. The van der Waals surface area contributed by atoms with Crippen LogP contribution in [0.15, 0.2) is 23.2 Å². The summed E-state index contributed by atoms with van der Waals surface area (Å²) in [5.41, 5.74) is 11.8. The Morgan fingerprint density at radius 2 is 2.04 bits per heavy atom. The molecule has 2 rings (SSSR count). The molecule has 2 atom stereocenters. The van der Waals surface area contributed by atoms with Crippen molar-refractivity contribution in [2.24, 2.45) is 16.5 Å². The van der Waals surface area contributed by atoms with E-state index in [1.165, 1.54) is 0 Å².